The van der Waals surface area contributed by atoms with Gasteiger partial charge in [0.15, 0.2) is 0 Å². The van der Waals surface area contributed by atoms with Crippen LogP contribution < -0.4 is 26.2 Å². The number of nitrogens with zero attached hydrogens (tertiary/aromatic N) is 3. The number of benzene rings is 7. The van der Waals surface area contributed by atoms with Crippen molar-refractivity contribution in [3.63, 3.8) is 0 Å². The summed E-state index contributed by atoms with van der Waals surface area (Å²) >= 11 is 0. The average Bonchev–Trinajstić information content (AvgIpc) is 0.713. The molecule has 6 atom stereocenters. The zero-order valence-corrected chi connectivity index (χ0v) is 68.3. The van der Waals surface area contributed by atoms with Crippen LogP contribution in [-0.4, -0.2) is 23.4 Å². The summed E-state index contributed by atoms with van der Waals surface area (Å²) in [6.07, 6.45) is 42.5. The van der Waals surface area contributed by atoms with Gasteiger partial charge in [0, 0.05) is 51.0 Å². The predicted octanol–water partition coefficient (Wildman–Crippen LogP) is 26.4. The quantitative estimate of drug-likeness (QED) is 0.105. The Morgan fingerprint density at radius 1 is 0.330 bits per heavy atom. The SMILES string of the molecule is CC(C)(C)c1cc(-c2ccc3c(c2)B2c4ccc(-n5c6ccc(C(C)(C)C)cc6c6cc(C(C)(C)C)ccc65)cc4N(C4C(C5CC=CCC5)=CCCC4C4=CCCCC4)c4cc(-c5cc(C(C)(C)C)cc(C(C)(C)C)c5)cc(c42)N3C2C(C3CC=CCC3)=CCCC2C2=CCCCC2)cc(C(C)(C)C)c1. The van der Waals surface area contributed by atoms with E-state index in [9.17, 15) is 0 Å². The first-order valence-corrected chi connectivity index (χ1v) is 41.9. The van der Waals surface area contributed by atoms with E-state index in [1.54, 1.807) is 22.3 Å². The van der Waals surface area contributed by atoms with E-state index in [0.29, 0.717) is 23.7 Å². The molecule has 8 aliphatic rings. The Hall–Kier alpha value is -7.56. The zero-order valence-electron chi connectivity index (χ0n) is 68.3. The molecule has 106 heavy (non-hydrogen) atoms. The van der Waals surface area contributed by atoms with Gasteiger partial charge in [0.25, 0.3) is 6.71 Å². The van der Waals surface area contributed by atoms with Crippen molar-refractivity contribution in [3.8, 4) is 27.9 Å². The molecule has 6 unspecified atom stereocenters. The zero-order chi connectivity index (χ0) is 74.3. The molecule has 1 aromatic heterocycles. The summed E-state index contributed by atoms with van der Waals surface area (Å²) in [6, 6.07) is 52.2. The fourth-order valence-electron chi connectivity index (χ4n) is 20.4. The summed E-state index contributed by atoms with van der Waals surface area (Å²) in [7, 11) is 0. The maximum absolute atomic E-state index is 3.11. The lowest BCUT2D eigenvalue weighted by atomic mass is 9.33. The number of rotatable bonds is 9. The van der Waals surface area contributed by atoms with E-state index in [1.807, 2.05) is 0 Å². The lowest BCUT2D eigenvalue weighted by molar-refractivity contribution is 0.391. The van der Waals surface area contributed by atoms with Gasteiger partial charge in [0.1, 0.15) is 0 Å². The highest BCUT2D eigenvalue weighted by Crippen LogP contribution is 2.54. The van der Waals surface area contributed by atoms with Crippen LogP contribution in [0, 0.1) is 23.7 Å². The summed E-state index contributed by atoms with van der Waals surface area (Å²) in [5, 5.41) is 2.67. The van der Waals surface area contributed by atoms with E-state index in [4.69, 9.17) is 0 Å². The number of aromatic nitrogens is 1. The van der Waals surface area contributed by atoms with Crippen LogP contribution in [0.4, 0.5) is 22.7 Å². The number of allylic oxidation sites excluding steroid dienone is 8. The van der Waals surface area contributed by atoms with Crippen LogP contribution in [0.3, 0.4) is 0 Å². The monoisotopic (exact) mass is 1400 g/mol. The van der Waals surface area contributed by atoms with Gasteiger partial charge < -0.3 is 14.4 Å². The molecule has 2 aliphatic heterocycles. The first kappa shape index (κ1) is 72.6. The van der Waals surface area contributed by atoms with Crippen LogP contribution in [0.25, 0.3) is 49.7 Å². The normalized spacial score (nSPS) is 22.4. The molecule has 0 fully saturated rings. The maximum atomic E-state index is 3.11. The second-order valence-corrected chi connectivity index (χ2v) is 40.2. The smallest absolute Gasteiger partial charge is 0.252 e. The summed E-state index contributed by atoms with van der Waals surface area (Å²) < 4.78 is 2.68. The van der Waals surface area contributed by atoms with Gasteiger partial charge in [-0.2, -0.15) is 0 Å². The first-order chi connectivity index (χ1) is 50.4. The van der Waals surface area contributed by atoms with Gasteiger partial charge in [0.05, 0.1) is 23.1 Å². The Balaban J connectivity index is 1.07. The molecule has 550 valence electrons. The van der Waals surface area contributed by atoms with Crippen molar-refractivity contribution in [2.75, 3.05) is 9.80 Å². The van der Waals surface area contributed by atoms with Crippen LogP contribution in [0.1, 0.15) is 274 Å². The molecule has 0 saturated carbocycles. The van der Waals surface area contributed by atoms with Gasteiger partial charge in [-0.3, -0.25) is 0 Å². The lowest BCUT2D eigenvalue weighted by Crippen LogP contribution is -2.65. The summed E-state index contributed by atoms with van der Waals surface area (Å²) in [4.78, 5) is 6.20. The highest BCUT2D eigenvalue weighted by Gasteiger charge is 2.51. The minimum absolute atomic E-state index is 0.0141. The van der Waals surface area contributed by atoms with Gasteiger partial charge in [0.2, 0.25) is 0 Å². The van der Waals surface area contributed by atoms with Crippen molar-refractivity contribution in [1.82, 2.24) is 4.57 Å². The molecule has 7 aromatic carbocycles. The van der Waals surface area contributed by atoms with Gasteiger partial charge in [-0.05, 0) is 298 Å². The average molecular weight is 1400 g/mol. The van der Waals surface area contributed by atoms with Gasteiger partial charge in [-0.1, -0.05) is 251 Å². The standard InChI is InChI=1S/C102H124BN3/c1-97(2,3)73-46-51-88-84(62-73)85-63-74(98(4,5)6)47-52-89(85)104(88)79-48-49-86-91(64-79)106(96-82(67-37-27-21-28-38-67)43-32-44-83(96)68-39-29-22-30-40-68)93-59-72(71-55-77(101(13,14)15)61-78(56-71)102(16,17)18)58-92-94(93)103(86)87-57-69(70-53-75(99(7,8)9)60-76(54-70)100(10,11)12)45-50-90(87)105(92)95-80(65-33-23-19-24-34-65)41-31-42-81(95)66-35-25-20-26-36-66/h19,21,23,27,35,39,41,43,45-65,67,81,83,95-96H,20,22,24-26,28-34,36-38,40,42,44H2,1-18H3. The van der Waals surface area contributed by atoms with Gasteiger partial charge in [-0.25, -0.2) is 0 Å². The van der Waals surface area contributed by atoms with Crippen LogP contribution >= 0.6 is 0 Å². The summed E-state index contributed by atoms with van der Waals surface area (Å²) in [5.74, 6) is 1.69. The van der Waals surface area contributed by atoms with E-state index in [1.165, 1.54) is 193 Å². The fourth-order valence-corrected chi connectivity index (χ4v) is 20.4. The van der Waals surface area contributed by atoms with E-state index in [-0.39, 0.29) is 51.3 Å². The molecule has 3 heterocycles. The Morgan fingerprint density at radius 3 is 1.20 bits per heavy atom. The molecule has 6 aliphatic carbocycles. The molecule has 4 heteroatoms. The van der Waals surface area contributed by atoms with E-state index in [0.717, 1.165) is 44.9 Å². The van der Waals surface area contributed by atoms with Crippen LogP contribution in [0.5, 0.6) is 0 Å². The second-order valence-electron chi connectivity index (χ2n) is 40.2. The predicted molar refractivity (Wildman–Crippen MR) is 461 cm³/mol. The molecular weight excluding hydrogens is 1280 g/mol. The van der Waals surface area contributed by atoms with Crippen LogP contribution in [-0.2, 0) is 32.5 Å². The molecule has 0 N–H and O–H groups in total. The van der Waals surface area contributed by atoms with E-state index < -0.39 is 0 Å². The third-order valence-corrected chi connectivity index (χ3v) is 26.7. The van der Waals surface area contributed by atoms with Crippen molar-refractivity contribution in [2.24, 2.45) is 23.7 Å². The van der Waals surface area contributed by atoms with Crippen LogP contribution in [0.2, 0.25) is 0 Å². The highest BCUT2D eigenvalue weighted by atomic mass is 15.2. The molecule has 0 amide bonds. The van der Waals surface area contributed by atoms with Crippen molar-refractivity contribution in [2.45, 2.75) is 285 Å². The Kier molecular flexibility index (Phi) is 18.7. The molecular formula is C102H124BN3. The Morgan fingerprint density at radius 2 is 0.774 bits per heavy atom. The third kappa shape index (κ3) is 13.4. The van der Waals surface area contributed by atoms with Gasteiger partial charge in [-0.15, -0.1) is 0 Å². The lowest BCUT2D eigenvalue weighted by Gasteiger charge is -2.53. The summed E-state index contributed by atoms with van der Waals surface area (Å²) in [6.45, 7) is 43.3. The largest absolute Gasteiger partial charge is 0.334 e. The Bertz CT molecular complexity index is 4820. The van der Waals surface area contributed by atoms with Crippen molar-refractivity contribution in [1.29, 1.82) is 0 Å². The van der Waals surface area contributed by atoms with E-state index in [2.05, 4.69) is 309 Å². The summed E-state index contributed by atoms with van der Waals surface area (Å²) in [5.41, 5.74) is 34.0. The van der Waals surface area contributed by atoms with Crippen molar-refractivity contribution >= 4 is 67.7 Å². The van der Waals surface area contributed by atoms with Crippen LogP contribution in [0.15, 0.2) is 192 Å². The topological polar surface area (TPSA) is 11.4 Å². The minimum atomic E-state index is -0.0757. The molecule has 0 bridgehead atoms. The molecule has 0 saturated heterocycles. The molecule has 8 aromatic rings. The Labute approximate surface area is 640 Å². The number of hydrogen-bond acceptors (Lipinski definition) is 2. The molecule has 0 radical (unpaired) electrons. The molecule has 3 nitrogen and oxygen atoms in total. The first-order valence-electron chi connectivity index (χ1n) is 41.9. The number of hydrogen-bond donors (Lipinski definition) is 0. The maximum Gasteiger partial charge on any atom is 0.252 e. The molecule has 16 rings (SSSR count). The number of fused-ring (bicyclic) bond motifs is 7. The fraction of sp³-hybridized carbons (Fsp3) is 0.471. The third-order valence-electron chi connectivity index (χ3n) is 26.7. The van der Waals surface area contributed by atoms with Crippen molar-refractivity contribution < 1.29 is 0 Å². The second kappa shape index (κ2) is 27.2. The van der Waals surface area contributed by atoms with Crippen molar-refractivity contribution in [3.05, 3.63) is 226 Å². The van der Waals surface area contributed by atoms with Gasteiger partial charge >= 0.3 is 0 Å². The molecule has 0 spiro atoms. The number of anilines is 4. The minimum Gasteiger partial charge on any atom is -0.334 e. The highest BCUT2D eigenvalue weighted by molar-refractivity contribution is 7.00. The van der Waals surface area contributed by atoms with E-state index >= 15 is 0 Å².